The van der Waals surface area contributed by atoms with Gasteiger partial charge in [-0.25, -0.2) is 0 Å². The summed E-state index contributed by atoms with van der Waals surface area (Å²) in [4.78, 5) is 46.0. The molecule has 8 nitrogen and oxygen atoms in total. The lowest BCUT2D eigenvalue weighted by Crippen LogP contribution is -2.58. The van der Waals surface area contributed by atoms with Crippen molar-refractivity contribution in [2.45, 2.75) is 69.7 Å². The summed E-state index contributed by atoms with van der Waals surface area (Å²) in [6.45, 7) is 14.0. The third-order valence-corrected chi connectivity index (χ3v) is 7.74. The lowest BCUT2D eigenvalue weighted by atomic mass is 9.66. The fourth-order valence-electron chi connectivity index (χ4n) is 6.31. The van der Waals surface area contributed by atoms with Crippen molar-refractivity contribution in [3.8, 4) is 0 Å². The van der Waals surface area contributed by atoms with Crippen LogP contribution < -0.4 is 0 Å². The molecule has 3 fully saturated rings. The Morgan fingerprint density at radius 3 is 2.52 bits per heavy atom. The molecular weight excluding hydrogens is 422 g/mol. The topological polar surface area (TPSA) is 90.4 Å². The number of ether oxygens (including phenoxy) is 1. The molecule has 1 spiro atoms. The first kappa shape index (κ1) is 25.4. The van der Waals surface area contributed by atoms with Gasteiger partial charge >= 0.3 is 0 Å². The van der Waals surface area contributed by atoms with Crippen LogP contribution in [0.15, 0.2) is 25.3 Å². The van der Waals surface area contributed by atoms with Crippen LogP contribution in [0.1, 0.15) is 46.5 Å². The van der Waals surface area contributed by atoms with Crippen LogP contribution in [0.25, 0.3) is 0 Å². The molecule has 3 unspecified atom stereocenters. The van der Waals surface area contributed by atoms with E-state index in [1.165, 1.54) is 4.90 Å². The van der Waals surface area contributed by atoms with Crippen molar-refractivity contribution in [3.05, 3.63) is 25.3 Å². The fraction of sp³-hybridized carbons (Fsp3) is 0.720. The zero-order valence-corrected chi connectivity index (χ0v) is 20.5. The van der Waals surface area contributed by atoms with Gasteiger partial charge < -0.3 is 24.5 Å². The highest BCUT2D eigenvalue weighted by atomic mass is 16.5. The fourth-order valence-corrected chi connectivity index (χ4v) is 6.31. The molecule has 3 rings (SSSR count). The molecule has 33 heavy (non-hydrogen) atoms. The standard InChI is InChI=1S/C25H39N3O5/c1-7-10-17(4)27(14-9-3)23(32)20-25-12-11-24(5,33-25)18(21(30)26(6)13-8-2)19(25)22(31)28(20)15-16-29/h8-9,17-20,29H,2-3,7,10-16H2,1,4-6H3/t17?,18-,19-,20?,24+,25?/m0/s1. The van der Waals surface area contributed by atoms with Crippen LogP contribution in [0, 0.1) is 11.8 Å². The maximum atomic E-state index is 14.0. The summed E-state index contributed by atoms with van der Waals surface area (Å²) in [6, 6.07) is -0.905. The third-order valence-electron chi connectivity index (χ3n) is 7.74. The van der Waals surface area contributed by atoms with E-state index in [1.807, 2.05) is 13.8 Å². The molecule has 0 aliphatic carbocycles. The number of aliphatic hydroxyl groups excluding tert-OH is 1. The quantitative estimate of drug-likeness (QED) is 0.472. The van der Waals surface area contributed by atoms with Gasteiger partial charge in [0.15, 0.2) is 0 Å². The Morgan fingerprint density at radius 1 is 1.27 bits per heavy atom. The third kappa shape index (κ3) is 3.91. The highest BCUT2D eigenvalue weighted by molar-refractivity contribution is 5.99. The molecule has 3 aliphatic heterocycles. The average Bonchev–Trinajstić information content (AvgIpc) is 3.33. The maximum Gasteiger partial charge on any atom is 0.248 e. The van der Waals surface area contributed by atoms with Crippen molar-refractivity contribution in [1.29, 1.82) is 0 Å². The van der Waals surface area contributed by atoms with Gasteiger partial charge in [-0.15, -0.1) is 13.2 Å². The van der Waals surface area contributed by atoms with Crippen LogP contribution in [0.4, 0.5) is 0 Å². The van der Waals surface area contributed by atoms with E-state index >= 15 is 0 Å². The van der Waals surface area contributed by atoms with Crippen molar-refractivity contribution in [3.63, 3.8) is 0 Å². The summed E-state index contributed by atoms with van der Waals surface area (Å²) in [5.74, 6) is -2.07. The summed E-state index contributed by atoms with van der Waals surface area (Å²) in [5, 5.41) is 9.73. The van der Waals surface area contributed by atoms with Gasteiger partial charge in [0.2, 0.25) is 17.7 Å². The van der Waals surface area contributed by atoms with Gasteiger partial charge in [0.1, 0.15) is 11.6 Å². The molecule has 0 aromatic rings. The van der Waals surface area contributed by atoms with E-state index in [2.05, 4.69) is 20.1 Å². The molecule has 184 valence electrons. The van der Waals surface area contributed by atoms with Gasteiger partial charge in [0.05, 0.1) is 24.0 Å². The molecule has 0 aromatic carbocycles. The van der Waals surface area contributed by atoms with Crippen LogP contribution >= 0.6 is 0 Å². The minimum absolute atomic E-state index is 0.0288. The maximum absolute atomic E-state index is 14.0. The second-order valence-electron chi connectivity index (χ2n) is 9.91. The molecule has 1 N–H and O–H groups in total. The molecule has 3 amide bonds. The molecule has 0 radical (unpaired) electrons. The van der Waals surface area contributed by atoms with Crippen molar-refractivity contribution in [1.82, 2.24) is 14.7 Å². The number of carbonyl (C=O) groups excluding carboxylic acids is 3. The van der Waals surface area contributed by atoms with E-state index in [9.17, 15) is 19.5 Å². The summed E-state index contributed by atoms with van der Waals surface area (Å²) in [7, 11) is 1.69. The van der Waals surface area contributed by atoms with Crippen LogP contribution in [0.2, 0.25) is 0 Å². The van der Waals surface area contributed by atoms with Crippen molar-refractivity contribution in [2.24, 2.45) is 11.8 Å². The molecule has 3 saturated heterocycles. The lowest BCUT2D eigenvalue weighted by molar-refractivity contribution is -0.154. The van der Waals surface area contributed by atoms with Crippen LogP contribution in [-0.4, -0.2) is 94.1 Å². The first-order valence-electron chi connectivity index (χ1n) is 12.0. The molecule has 0 aromatic heterocycles. The highest BCUT2D eigenvalue weighted by Gasteiger charge is 2.78. The number of likely N-dealkylation sites (tertiary alicyclic amines) is 1. The van der Waals surface area contributed by atoms with E-state index in [4.69, 9.17) is 4.74 Å². The van der Waals surface area contributed by atoms with E-state index in [-0.39, 0.29) is 36.9 Å². The average molecular weight is 462 g/mol. The smallest absolute Gasteiger partial charge is 0.248 e. The Kier molecular flexibility index (Phi) is 7.39. The second-order valence-corrected chi connectivity index (χ2v) is 9.91. The van der Waals surface area contributed by atoms with Crippen LogP contribution in [-0.2, 0) is 19.1 Å². The second kappa shape index (κ2) is 9.58. The Morgan fingerprint density at radius 2 is 1.94 bits per heavy atom. The number of hydrogen-bond acceptors (Lipinski definition) is 5. The monoisotopic (exact) mass is 461 g/mol. The number of amides is 3. The Balaban J connectivity index is 2.06. The molecule has 2 bridgehead atoms. The minimum atomic E-state index is -1.07. The number of likely N-dealkylation sites (N-methyl/N-ethyl adjacent to an activating group) is 1. The van der Waals surface area contributed by atoms with E-state index in [0.717, 1.165) is 12.8 Å². The number of β-amino-alcohol motifs (C(OH)–C–C–N with tert-alkyl or cyclic N) is 1. The van der Waals surface area contributed by atoms with Crippen LogP contribution in [0.3, 0.4) is 0 Å². The summed E-state index contributed by atoms with van der Waals surface area (Å²) in [6.07, 6.45) is 6.20. The summed E-state index contributed by atoms with van der Waals surface area (Å²) >= 11 is 0. The Bertz CT molecular complexity index is 816. The summed E-state index contributed by atoms with van der Waals surface area (Å²) < 4.78 is 6.59. The predicted octanol–water partition coefficient (Wildman–Crippen LogP) is 1.59. The van der Waals surface area contributed by atoms with E-state index in [1.54, 1.807) is 29.0 Å². The normalized spacial score (nSPS) is 33.1. The van der Waals surface area contributed by atoms with E-state index in [0.29, 0.717) is 25.9 Å². The van der Waals surface area contributed by atoms with Gasteiger partial charge in [0.25, 0.3) is 0 Å². The van der Waals surface area contributed by atoms with Crippen molar-refractivity contribution in [2.75, 3.05) is 33.3 Å². The summed E-state index contributed by atoms with van der Waals surface area (Å²) in [5.41, 5.74) is -1.88. The number of aliphatic hydroxyl groups is 1. The van der Waals surface area contributed by atoms with Crippen LogP contribution in [0.5, 0.6) is 0 Å². The van der Waals surface area contributed by atoms with Gasteiger partial charge in [-0.3, -0.25) is 14.4 Å². The zero-order chi connectivity index (χ0) is 24.6. The van der Waals surface area contributed by atoms with Gasteiger partial charge in [-0.1, -0.05) is 25.5 Å². The van der Waals surface area contributed by atoms with Crippen molar-refractivity contribution >= 4 is 17.7 Å². The Labute approximate surface area is 197 Å². The first-order chi connectivity index (χ1) is 15.6. The molecule has 3 aliphatic rings. The number of fused-ring (bicyclic) bond motifs is 1. The lowest BCUT2D eigenvalue weighted by Gasteiger charge is -2.38. The SMILES string of the molecule is C=CCN(C)C(=O)[C@@H]1[C@H]2C(=O)N(CCO)C(C(=O)N(CC=C)C(C)CCC)C23CC[C@@]1(C)O3. The molecule has 6 atom stereocenters. The van der Waals surface area contributed by atoms with E-state index < -0.39 is 29.1 Å². The molecule has 0 saturated carbocycles. The largest absolute Gasteiger partial charge is 0.395 e. The minimum Gasteiger partial charge on any atom is -0.395 e. The molecule has 3 heterocycles. The number of hydrogen-bond donors (Lipinski definition) is 1. The number of nitrogens with zero attached hydrogens (tertiary/aromatic N) is 3. The van der Waals surface area contributed by atoms with Gasteiger partial charge in [0, 0.05) is 32.7 Å². The van der Waals surface area contributed by atoms with Gasteiger partial charge in [-0.05, 0) is 33.1 Å². The zero-order valence-electron chi connectivity index (χ0n) is 20.5. The molecule has 8 heteroatoms. The molecular formula is C25H39N3O5. The van der Waals surface area contributed by atoms with Crippen molar-refractivity contribution < 1.29 is 24.2 Å². The van der Waals surface area contributed by atoms with Gasteiger partial charge in [-0.2, -0.15) is 0 Å². The number of rotatable bonds is 11. The first-order valence-corrected chi connectivity index (χ1v) is 12.0. The Hall–Kier alpha value is -2.19. The predicted molar refractivity (Wildman–Crippen MR) is 125 cm³/mol. The highest BCUT2D eigenvalue weighted by Crippen LogP contribution is 2.63. The number of carbonyl (C=O) groups is 3.